The van der Waals surface area contributed by atoms with Crippen molar-refractivity contribution in [1.82, 2.24) is 4.31 Å². The van der Waals surface area contributed by atoms with Gasteiger partial charge in [0.15, 0.2) is 5.60 Å². The van der Waals surface area contributed by atoms with Crippen LogP contribution in [-0.4, -0.2) is 68.7 Å². The lowest BCUT2D eigenvalue weighted by Gasteiger charge is -2.42. The zero-order valence-electron chi connectivity index (χ0n) is 21.7. The maximum Gasteiger partial charge on any atom is 0.421 e. The van der Waals surface area contributed by atoms with Crippen molar-refractivity contribution in [1.29, 1.82) is 0 Å². The van der Waals surface area contributed by atoms with E-state index in [1.165, 1.54) is 30.3 Å². The Hall–Kier alpha value is -2.85. The molecule has 2 N–H and O–H groups in total. The zero-order valence-corrected chi connectivity index (χ0v) is 24.1. The topological polar surface area (TPSA) is 107 Å². The van der Waals surface area contributed by atoms with E-state index in [4.69, 9.17) is 12.2 Å². The van der Waals surface area contributed by atoms with Crippen molar-refractivity contribution in [3.63, 3.8) is 0 Å². The summed E-state index contributed by atoms with van der Waals surface area (Å²) in [7, 11) is -8.19. The predicted octanol–water partition coefficient (Wildman–Crippen LogP) is 4.07. The Morgan fingerprint density at radius 3 is 2.24 bits per heavy atom. The molecule has 41 heavy (non-hydrogen) atoms. The Kier molecular flexibility index (Phi) is 8.67. The van der Waals surface area contributed by atoms with E-state index in [1.807, 2.05) is 0 Å². The molecular weight excluding hydrogens is 606 g/mol. The van der Waals surface area contributed by atoms with E-state index < -0.39 is 55.0 Å². The van der Waals surface area contributed by atoms with Gasteiger partial charge in [0.2, 0.25) is 20.0 Å². The van der Waals surface area contributed by atoms with Crippen LogP contribution < -0.4 is 9.62 Å². The quantitative estimate of drug-likeness (QED) is 0.334. The second-order valence-electron chi connectivity index (χ2n) is 9.80. The standard InChI is InChI=1S/C26H27F4N3O5S3/c1-25(34,26(28,29)30)18-6-12-21(13-7-18)33-15-14-32(41(37,38)24-5-3-2-4-23(24)39)16-22(33)17-40(35,36)31-20-10-8-19(27)9-11-20/h2-3,5-13,22,31,34H,4,14-17H2,1H3/t22-,25?/m1/s1. The summed E-state index contributed by atoms with van der Waals surface area (Å²) >= 11 is 5.24. The van der Waals surface area contributed by atoms with Crippen LogP contribution in [0.1, 0.15) is 18.9 Å². The van der Waals surface area contributed by atoms with E-state index in [2.05, 4.69) is 4.72 Å². The van der Waals surface area contributed by atoms with Gasteiger partial charge in [-0.15, -0.1) is 0 Å². The molecule has 0 amide bonds. The number of thiocarbonyl (C=S) groups is 1. The van der Waals surface area contributed by atoms with Crippen LogP contribution in [0.2, 0.25) is 0 Å². The van der Waals surface area contributed by atoms with Crippen LogP contribution in [-0.2, 0) is 25.6 Å². The molecular formula is C26H27F4N3O5S3. The number of benzene rings is 2. The number of alkyl halides is 3. The number of piperazine rings is 1. The summed E-state index contributed by atoms with van der Waals surface area (Å²) in [5.74, 6) is -1.16. The Bertz CT molecular complexity index is 1570. The highest BCUT2D eigenvalue weighted by molar-refractivity contribution is 7.96. The average Bonchev–Trinajstić information content (AvgIpc) is 2.89. The van der Waals surface area contributed by atoms with Gasteiger partial charge in [-0.2, -0.15) is 17.5 Å². The summed E-state index contributed by atoms with van der Waals surface area (Å²) in [4.78, 5) is 1.77. The number of rotatable bonds is 8. The first-order valence-electron chi connectivity index (χ1n) is 12.3. The van der Waals surface area contributed by atoms with Crippen LogP contribution in [0.15, 0.2) is 71.7 Å². The highest BCUT2D eigenvalue weighted by Gasteiger charge is 2.51. The first-order valence-corrected chi connectivity index (χ1v) is 15.8. The summed E-state index contributed by atoms with van der Waals surface area (Å²) < 4.78 is 110. The maximum absolute atomic E-state index is 13.5. The van der Waals surface area contributed by atoms with Gasteiger partial charge in [-0.25, -0.2) is 21.2 Å². The zero-order chi connectivity index (χ0) is 30.2. The minimum Gasteiger partial charge on any atom is -0.376 e. The molecule has 4 rings (SSSR count). The van der Waals surface area contributed by atoms with Crippen LogP contribution in [0.4, 0.5) is 28.9 Å². The number of hydrogen-bond donors (Lipinski definition) is 2. The third-order valence-electron chi connectivity index (χ3n) is 6.87. The first kappa shape index (κ1) is 31.1. The second-order valence-corrected chi connectivity index (χ2v) is 14.0. The number of aliphatic hydroxyl groups is 1. The molecule has 1 saturated heterocycles. The predicted molar refractivity (Wildman–Crippen MR) is 152 cm³/mol. The van der Waals surface area contributed by atoms with Gasteiger partial charge < -0.3 is 10.0 Å². The Labute approximate surface area is 241 Å². The third-order valence-corrected chi connectivity index (χ3v) is 10.7. The van der Waals surface area contributed by atoms with Crippen molar-refractivity contribution < 1.29 is 39.5 Å². The lowest BCUT2D eigenvalue weighted by Crippen LogP contribution is -2.57. The molecule has 1 aliphatic heterocycles. The van der Waals surface area contributed by atoms with Crippen molar-refractivity contribution in [2.45, 2.75) is 31.2 Å². The van der Waals surface area contributed by atoms with Crippen LogP contribution in [0.5, 0.6) is 0 Å². The van der Waals surface area contributed by atoms with Gasteiger partial charge in [-0.3, -0.25) is 4.72 Å². The molecule has 2 aliphatic rings. The Balaban J connectivity index is 1.65. The number of sulfonamides is 2. The summed E-state index contributed by atoms with van der Waals surface area (Å²) in [5.41, 5.74) is -3.09. The number of nitrogens with one attached hydrogen (secondary N) is 1. The van der Waals surface area contributed by atoms with Crippen LogP contribution >= 0.6 is 12.2 Å². The smallest absolute Gasteiger partial charge is 0.376 e. The first-order chi connectivity index (χ1) is 19.0. The van der Waals surface area contributed by atoms with Gasteiger partial charge in [0.1, 0.15) is 5.82 Å². The van der Waals surface area contributed by atoms with Gasteiger partial charge in [-0.05, 0) is 55.0 Å². The molecule has 2 aromatic carbocycles. The minimum absolute atomic E-state index is 0.0147. The monoisotopic (exact) mass is 633 g/mol. The third kappa shape index (κ3) is 6.80. The van der Waals surface area contributed by atoms with E-state index in [9.17, 15) is 39.5 Å². The van der Waals surface area contributed by atoms with Gasteiger partial charge in [0.25, 0.3) is 0 Å². The normalized spacial score (nSPS) is 20.4. The van der Waals surface area contributed by atoms with E-state index >= 15 is 0 Å². The molecule has 2 aromatic rings. The van der Waals surface area contributed by atoms with Crippen molar-refractivity contribution >= 4 is 48.5 Å². The van der Waals surface area contributed by atoms with Crippen LogP contribution in [0.3, 0.4) is 0 Å². The molecule has 222 valence electrons. The number of nitrogens with zero attached hydrogens (tertiary/aromatic N) is 2. The fraction of sp³-hybridized carbons (Fsp3) is 0.346. The number of allylic oxidation sites excluding steroid dienone is 4. The van der Waals surface area contributed by atoms with E-state index in [0.29, 0.717) is 12.6 Å². The molecule has 0 saturated carbocycles. The van der Waals surface area contributed by atoms with Gasteiger partial charge in [0, 0.05) is 42.3 Å². The number of anilines is 2. The fourth-order valence-electron chi connectivity index (χ4n) is 4.55. The van der Waals surface area contributed by atoms with Gasteiger partial charge >= 0.3 is 6.18 Å². The highest BCUT2D eigenvalue weighted by Crippen LogP contribution is 2.39. The van der Waals surface area contributed by atoms with Crippen LogP contribution in [0, 0.1) is 5.82 Å². The minimum atomic E-state index is -4.93. The van der Waals surface area contributed by atoms with Crippen molar-refractivity contribution in [3.8, 4) is 0 Å². The van der Waals surface area contributed by atoms with Crippen molar-refractivity contribution in [2.75, 3.05) is 35.0 Å². The fourth-order valence-corrected chi connectivity index (χ4v) is 7.99. The highest BCUT2D eigenvalue weighted by atomic mass is 32.2. The molecule has 2 atom stereocenters. The van der Waals surface area contributed by atoms with Crippen molar-refractivity contribution in [2.24, 2.45) is 0 Å². The maximum atomic E-state index is 13.5. The molecule has 0 radical (unpaired) electrons. The molecule has 1 heterocycles. The summed E-state index contributed by atoms with van der Waals surface area (Å²) in [6.07, 6.45) is 0.0235. The van der Waals surface area contributed by atoms with E-state index in [0.717, 1.165) is 28.6 Å². The number of halogens is 4. The Morgan fingerprint density at radius 1 is 1.02 bits per heavy atom. The summed E-state index contributed by atoms with van der Waals surface area (Å²) in [6, 6.07) is 8.45. The molecule has 0 aromatic heterocycles. The molecule has 1 aliphatic carbocycles. The SMILES string of the molecule is CC(O)(c1ccc(N2CCN(S(=O)(=O)C3=CC=CCC3=S)C[C@@H]2CS(=O)(=O)Nc2ccc(F)cc2)cc1)C(F)(F)F. The van der Waals surface area contributed by atoms with E-state index in [-0.39, 0.29) is 41.5 Å². The lowest BCUT2D eigenvalue weighted by molar-refractivity contribution is -0.258. The molecule has 15 heteroatoms. The van der Waals surface area contributed by atoms with E-state index in [1.54, 1.807) is 17.1 Å². The van der Waals surface area contributed by atoms with Crippen molar-refractivity contribution in [3.05, 3.63) is 83.0 Å². The summed E-state index contributed by atoms with van der Waals surface area (Å²) in [6.45, 7) is 0.330. The molecule has 0 bridgehead atoms. The van der Waals surface area contributed by atoms with Gasteiger partial charge in [-0.1, -0.05) is 36.5 Å². The van der Waals surface area contributed by atoms with Gasteiger partial charge in [0.05, 0.1) is 16.7 Å². The largest absolute Gasteiger partial charge is 0.421 e. The molecule has 8 nitrogen and oxygen atoms in total. The molecule has 1 unspecified atom stereocenters. The lowest BCUT2D eigenvalue weighted by atomic mass is 9.95. The second kappa shape index (κ2) is 11.4. The molecule has 1 fully saturated rings. The molecule has 0 spiro atoms. The Morgan fingerprint density at radius 2 is 1.66 bits per heavy atom. The van der Waals surface area contributed by atoms with Crippen LogP contribution in [0.25, 0.3) is 0 Å². The summed E-state index contributed by atoms with van der Waals surface area (Å²) in [5, 5.41) is 10.0. The number of hydrogen-bond acceptors (Lipinski definition) is 7. The average molecular weight is 634 g/mol.